The number of ketones is 1. The number of carbonyl (C=O) groups is 1. The first-order valence-corrected chi connectivity index (χ1v) is 8.56. The molecular weight excluding hydrogens is 312 g/mol. The molecule has 3 rings (SSSR count). The van der Waals surface area contributed by atoms with Crippen molar-refractivity contribution in [2.75, 3.05) is 0 Å². The molecule has 1 aromatic rings. The highest BCUT2D eigenvalue weighted by Crippen LogP contribution is 2.49. The van der Waals surface area contributed by atoms with E-state index in [1.165, 1.54) is 0 Å². The summed E-state index contributed by atoms with van der Waals surface area (Å²) in [5.41, 5.74) is 11.1. The number of nitrogens with zero attached hydrogens (tertiary/aromatic N) is 1. The zero-order valence-corrected chi connectivity index (χ0v) is 15.5. The van der Waals surface area contributed by atoms with Gasteiger partial charge in [0.2, 0.25) is 5.88 Å². The third kappa shape index (κ3) is 2.84. The summed E-state index contributed by atoms with van der Waals surface area (Å²) < 4.78 is 5.75. The number of allylic oxidation sites excluding steroid dienone is 3. The van der Waals surface area contributed by atoms with Crippen LogP contribution < -0.4 is 5.73 Å². The highest BCUT2D eigenvalue weighted by molar-refractivity contribution is 6.00. The minimum absolute atomic E-state index is 0.0517. The van der Waals surface area contributed by atoms with Crippen LogP contribution in [0, 0.1) is 37.5 Å². The fraction of sp³-hybridized carbons (Fsp3) is 0.429. The topological polar surface area (TPSA) is 76.1 Å². The van der Waals surface area contributed by atoms with Crippen molar-refractivity contribution in [1.29, 1.82) is 5.26 Å². The van der Waals surface area contributed by atoms with Gasteiger partial charge in [0, 0.05) is 18.4 Å². The number of ether oxygens (including phenoxy) is 1. The number of hydrogen-bond donors (Lipinski definition) is 1. The van der Waals surface area contributed by atoms with Crippen molar-refractivity contribution in [3.8, 4) is 6.07 Å². The number of carbonyl (C=O) groups excluding carboxylic acids is 1. The van der Waals surface area contributed by atoms with Crippen LogP contribution in [0.15, 0.2) is 34.9 Å². The van der Waals surface area contributed by atoms with Crippen LogP contribution in [0.25, 0.3) is 0 Å². The monoisotopic (exact) mass is 336 g/mol. The Bertz CT molecular complexity index is 859. The van der Waals surface area contributed by atoms with Crippen molar-refractivity contribution in [2.45, 2.75) is 53.4 Å². The van der Waals surface area contributed by atoms with Crippen LogP contribution in [-0.2, 0) is 9.53 Å². The first-order chi connectivity index (χ1) is 11.6. The van der Waals surface area contributed by atoms with Crippen LogP contribution in [0.5, 0.6) is 0 Å². The summed E-state index contributed by atoms with van der Waals surface area (Å²) in [6, 6.07) is 6.36. The molecule has 1 aliphatic heterocycles. The zero-order valence-electron chi connectivity index (χ0n) is 15.5. The van der Waals surface area contributed by atoms with Crippen LogP contribution in [0.2, 0.25) is 0 Å². The summed E-state index contributed by atoms with van der Waals surface area (Å²) in [7, 11) is 0. The molecule has 4 nitrogen and oxygen atoms in total. The largest absolute Gasteiger partial charge is 0.444 e. The van der Waals surface area contributed by atoms with E-state index in [0.29, 0.717) is 29.7 Å². The summed E-state index contributed by atoms with van der Waals surface area (Å²) in [5.74, 6) is 0.368. The average Bonchev–Trinajstić information content (AvgIpc) is 2.43. The number of rotatable bonds is 1. The predicted molar refractivity (Wildman–Crippen MR) is 96.4 cm³/mol. The van der Waals surface area contributed by atoms with E-state index in [1.807, 2.05) is 20.8 Å². The second-order valence-electron chi connectivity index (χ2n) is 8.01. The molecule has 25 heavy (non-hydrogen) atoms. The van der Waals surface area contributed by atoms with Gasteiger partial charge in [-0.05, 0) is 42.9 Å². The molecule has 4 heteroatoms. The van der Waals surface area contributed by atoms with Crippen molar-refractivity contribution < 1.29 is 9.53 Å². The number of aryl methyl sites for hydroxylation is 3. The van der Waals surface area contributed by atoms with E-state index >= 15 is 0 Å². The van der Waals surface area contributed by atoms with E-state index in [1.54, 1.807) is 0 Å². The van der Waals surface area contributed by atoms with Gasteiger partial charge in [0.15, 0.2) is 5.78 Å². The van der Waals surface area contributed by atoms with Crippen molar-refractivity contribution in [1.82, 2.24) is 0 Å². The molecule has 1 heterocycles. The molecule has 0 saturated heterocycles. The van der Waals surface area contributed by atoms with Crippen LogP contribution in [-0.4, -0.2) is 5.78 Å². The molecule has 0 bridgehead atoms. The van der Waals surface area contributed by atoms with Crippen LogP contribution in [0.3, 0.4) is 0 Å². The predicted octanol–water partition coefficient (Wildman–Crippen LogP) is 4.06. The molecule has 0 fully saturated rings. The van der Waals surface area contributed by atoms with Crippen LogP contribution in [0.4, 0.5) is 0 Å². The van der Waals surface area contributed by atoms with Gasteiger partial charge in [-0.3, -0.25) is 4.79 Å². The Balaban J connectivity index is 2.28. The Labute approximate surface area is 149 Å². The molecule has 0 unspecified atom stereocenters. The SMILES string of the molecule is Cc1cc(C)c([C@H]2C(C#N)=C(N)OC3=C2C(=O)CC(C)(C)C3)c(C)c1. The minimum Gasteiger partial charge on any atom is -0.444 e. The van der Waals surface area contributed by atoms with E-state index in [2.05, 4.69) is 32.0 Å². The molecule has 1 aliphatic carbocycles. The lowest BCUT2D eigenvalue weighted by molar-refractivity contribution is -0.119. The third-order valence-corrected chi connectivity index (χ3v) is 5.10. The second-order valence-corrected chi connectivity index (χ2v) is 8.01. The number of Topliss-reactive ketones (excluding diaryl/α,β-unsaturated/α-hetero) is 1. The Hall–Kier alpha value is -2.54. The van der Waals surface area contributed by atoms with E-state index in [9.17, 15) is 10.1 Å². The maximum Gasteiger partial charge on any atom is 0.205 e. The maximum atomic E-state index is 13.0. The van der Waals surface area contributed by atoms with Gasteiger partial charge in [-0.2, -0.15) is 5.26 Å². The smallest absolute Gasteiger partial charge is 0.205 e. The van der Waals surface area contributed by atoms with E-state index in [0.717, 1.165) is 22.3 Å². The molecule has 0 amide bonds. The molecule has 2 N–H and O–H groups in total. The van der Waals surface area contributed by atoms with E-state index < -0.39 is 5.92 Å². The second kappa shape index (κ2) is 5.77. The normalized spacial score (nSPS) is 22.4. The maximum absolute atomic E-state index is 13.0. The number of nitriles is 1. The van der Waals surface area contributed by atoms with E-state index in [4.69, 9.17) is 10.5 Å². The Morgan fingerprint density at radius 2 is 1.80 bits per heavy atom. The Kier molecular flexibility index (Phi) is 3.99. The Morgan fingerprint density at radius 1 is 1.20 bits per heavy atom. The quantitative estimate of drug-likeness (QED) is 0.839. The molecule has 130 valence electrons. The first kappa shape index (κ1) is 17.3. The lowest BCUT2D eigenvalue weighted by Crippen LogP contribution is -2.34. The summed E-state index contributed by atoms with van der Waals surface area (Å²) in [6.45, 7) is 10.2. The zero-order chi connectivity index (χ0) is 18.5. The van der Waals surface area contributed by atoms with Crippen molar-refractivity contribution >= 4 is 5.78 Å². The fourth-order valence-electron chi connectivity index (χ4n) is 4.22. The number of hydrogen-bond acceptors (Lipinski definition) is 4. The molecule has 2 aliphatic rings. The average molecular weight is 336 g/mol. The Morgan fingerprint density at radius 3 is 2.36 bits per heavy atom. The molecule has 0 saturated carbocycles. The van der Waals surface area contributed by atoms with Crippen molar-refractivity contribution in [2.24, 2.45) is 11.1 Å². The van der Waals surface area contributed by atoms with Gasteiger partial charge in [0.05, 0.1) is 5.92 Å². The van der Waals surface area contributed by atoms with Gasteiger partial charge in [-0.1, -0.05) is 31.5 Å². The molecular formula is C21H24N2O2. The van der Waals surface area contributed by atoms with Crippen molar-refractivity contribution in [3.63, 3.8) is 0 Å². The molecule has 1 aromatic carbocycles. The van der Waals surface area contributed by atoms with Crippen LogP contribution >= 0.6 is 0 Å². The highest BCUT2D eigenvalue weighted by atomic mass is 16.5. The lowest BCUT2D eigenvalue weighted by Gasteiger charge is -2.38. The van der Waals surface area contributed by atoms with Gasteiger partial charge in [-0.15, -0.1) is 0 Å². The summed E-state index contributed by atoms with van der Waals surface area (Å²) >= 11 is 0. The van der Waals surface area contributed by atoms with Crippen LogP contribution in [0.1, 0.15) is 54.9 Å². The van der Waals surface area contributed by atoms with Gasteiger partial charge in [0.25, 0.3) is 0 Å². The third-order valence-electron chi connectivity index (χ3n) is 5.10. The summed E-state index contributed by atoms with van der Waals surface area (Å²) in [4.78, 5) is 13.0. The van der Waals surface area contributed by atoms with E-state index in [-0.39, 0.29) is 17.1 Å². The van der Waals surface area contributed by atoms with Gasteiger partial charge in [-0.25, -0.2) is 0 Å². The summed E-state index contributed by atoms with van der Waals surface area (Å²) in [6.07, 6.45) is 1.10. The molecule has 0 aromatic heterocycles. The highest BCUT2D eigenvalue weighted by Gasteiger charge is 2.43. The minimum atomic E-state index is -0.432. The standard InChI is InChI=1S/C21H24N2O2/c1-11-6-12(2)17(13(3)7-11)18-14(10-22)20(23)25-16-9-21(4,5)8-15(24)19(16)18/h6-7,18H,8-9,23H2,1-5H3/t18-/m1/s1. The van der Waals surface area contributed by atoms with Gasteiger partial charge < -0.3 is 10.5 Å². The van der Waals surface area contributed by atoms with Gasteiger partial charge >= 0.3 is 0 Å². The van der Waals surface area contributed by atoms with Gasteiger partial charge in [0.1, 0.15) is 17.4 Å². The molecule has 0 spiro atoms. The molecule has 1 atom stereocenters. The summed E-state index contributed by atoms with van der Waals surface area (Å²) in [5, 5.41) is 9.71. The van der Waals surface area contributed by atoms with Crippen molar-refractivity contribution in [3.05, 3.63) is 57.2 Å². The lowest BCUT2D eigenvalue weighted by atomic mass is 9.69. The fourth-order valence-corrected chi connectivity index (χ4v) is 4.22. The number of nitrogens with two attached hydrogens (primary N) is 1. The first-order valence-electron chi connectivity index (χ1n) is 8.56. The molecule has 0 radical (unpaired) electrons. The number of benzene rings is 1.